The quantitative estimate of drug-likeness (QED) is 0.414. The number of hydrogen-bond acceptors (Lipinski definition) is 9. The average Bonchev–Trinajstić information content (AvgIpc) is 2.79. The summed E-state index contributed by atoms with van der Waals surface area (Å²) in [5.74, 6) is 0.524. The summed E-state index contributed by atoms with van der Waals surface area (Å²) in [5, 5.41) is 0. The van der Waals surface area contributed by atoms with E-state index in [-0.39, 0.29) is 35.7 Å². The Labute approximate surface area is 225 Å². The number of aromatic nitrogens is 3. The third-order valence-corrected chi connectivity index (χ3v) is 5.77. The second-order valence-electron chi connectivity index (χ2n) is 9.83. The molecule has 0 saturated carbocycles. The maximum atomic E-state index is 13.4. The van der Waals surface area contributed by atoms with Gasteiger partial charge in [0.25, 0.3) is 5.88 Å². The van der Waals surface area contributed by atoms with Gasteiger partial charge < -0.3 is 23.8 Å². The third kappa shape index (κ3) is 7.43. The normalized spacial score (nSPS) is 14.4. The van der Waals surface area contributed by atoms with E-state index in [4.69, 9.17) is 18.9 Å². The zero-order chi connectivity index (χ0) is 27.3. The SMILES string of the molecule is COc1c(OC2CCN(C(=O)OC(C)C)CC2)ncnc1N(C(=O)OC(C)(C)C)c1ccc(Br)nc1C. The Balaban J connectivity index is 1.90. The number of methoxy groups -OCH3 is 1. The van der Waals surface area contributed by atoms with E-state index in [0.29, 0.717) is 41.9 Å². The van der Waals surface area contributed by atoms with E-state index in [1.807, 2.05) is 13.8 Å². The number of nitrogens with zero attached hydrogens (tertiary/aromatic N) is 5. The van der Waals surface area contributed by atoms with Crippen molar-refractivity contribution < 1.29 is 28.5 Å². The number of rotatable bonds is 6. The van der Waals surface area contributed by atoms with Gasteiger partial charge >= 0.3 is 12.2 Å². The van der Waals surface area contributed by atoms with Crippen LogP contribution in [0.25, 0.3) is 0 Å². The lowest BCUT2D eigenvalue weighted by molar-refractivity contribution is 0.0500. The summed E-state index contributed by atoms with van der Waals surface area (Å²) in [6.07, 6.45) is 1.10. The number of piperidine rings is 1. The number of aryl methyl sites for hydroxylation is 1. The lowest BCUT2D eigenvalue weighted by atomic mass is 10.1. The summed E-state index contributed by atoms with van der Waals surface area (Å²) >= 11 is 3.36. The summed E-state index contributed by atoms with van der Waals surface area (Å²) in [5.41, 5.74) is 0.289. The topological polar surface area (TPSA) is 116 Å². The highest BCUT2D eigenvalue weighted by Gasteiger charge is 2.33. The molecular weight excluding hydrogens is 546 g/mol. The number of ether oxygens (including phenoxy) is 4. The molecule has 11 nitrogen and oxygen atoms in total. The second-order valence-corrected chi connectivity index (χ2v) is 10.6. The fraction of sp³-hybridized carbons (Fsp3) is 0.560. The predicted octanol–water partition coefficient (Wildman–Crippen LogP) is 5.41. The highest BCUT2D eigenvalue weighted by molar-refractivity contribution is 9.10. The molecule has 0 radical (unpaired) electrons. The Hall–Kier alpha value is -3.15. The van der Waals surface area contributed by atoms with Crippen LogP contribution in [0.3, 0.4) is 0 Å². The molecule has 1 saturated heterocycles. The van der Waals surface area contributed by atoms with E-state index >= 15 is 0 Å². The zero-order valence-corrected chi connectivity index (χ0v) is 23.9. The lowest BCUT2D eigenvalue weighted by Crippen LogP contribution is -2.42. The number of halogens is 1. The maximum absolute atomic E-state index is 13.4. The number of anilines is 2. The Bertz CT molecular complexity index is 1120. The van der Waals surface area contributed by atoms with Gasteiger partial charge in [-0.05, 0) is 69.6 Å². The highest BCUT2D eigenvalue weighted by Crippen LogP contribution is 2.40. The van der Waals surface area contributed by atoms with Crippen molar-refractivity contribution in [1.82, 2.24) is 19.9 Å². The van der Waals surface area contributed by atoms with Gasteiger partial charge in [0.1, 0.15) is 22.6 Å². The van der Waals surface area contributed by atoms with Gasteiger partial charge in [0.05, 0.1) is 24.6 Å². The molecule has 0 aliphatic carbocycles. The number of likely N-dealkylation sites (tertiary alicyclic amines) is 1. The molecule has 12 heteroatoms. The smallest absolute Gasteiger partial charge is 0.420 e. The van der Waals surface area contributed by atoms with E-state index in [1.54, 1.807) is 44.7 Å². The Kier molecular flexibility index (Phi) is 9.16. The molecule has 1 aliphatic heterocycles. The number of carbonyl (C=O) groups excluding carboxylic acids is 2. The van der Waals surface area contributed by atoms with Gasteiger partial charge in [-0.25, -0.2) is 24.5 Å². The molecular formula is C25H34BrN5O6. The van der Waals surface area contributed by atoms with Crippen molar-refractivity contribution in [1.29, 1.82) is 0 Å². The van der Waals surface area contributed by atoms with Crippen LogP contribution in [0.15, 0.2) is 23.1 Å². The number of amides is 2. The number of pyridine rings is 1. The Morgan fingerprint density at radius 1 is 1.16 bits per heavy atom. The van der Waals surface area contributed by atoms with Gasteiger partial charge in [-0.15, -0.1) is 0 Å². The summed E-state index contributed by atoms with van der Waals surface area (Å²) in [7, 11) is 1.46. The van der Waals surface area contributed by atoms with Gasteiger partial charge in [-0.3, -0.25) is 0 Å². The molecule has 3 rings (SSSR count). The molecule has 1 aliphatic rings. The van der Waals surface area contributed by atoms with Gasteiger partial charge in [0.2, 0.25) is 5.75 Å². The maximum Gasteiger partial charge on any atom is 0.420 e. The predicted molar refractivity (Wildman–Crippen MR) is 140 cm³/mol. The zero-order valence-electron chi connectivity index (χ0n) is 22.3. The van der Waals surface area contributed by atoms with Gasteiger partial charge in [0.15, 0.2) is 5.82 Å². The summed E-state index contributed by atoms with van der Waals surface area (Å²) in [4.78, 5) is 41.6. The van der Waals surface area contributed by atoms with Crippen LogP contribution in [0.1, 0.15) is 53.2 Å². The van der Waals surface area contributed by atoms with Gasteiger partial charge in [-0.1, -0.05) is 0 Å². The van der Waals surface area contributed by atoms with Gasteiger partial charge in [0, 0.05) is 25.9 Å². The first-order valence-electron chi connectivity index (χ1n) is 12.1. The van der Waals surface area contributed by atoms with Crippen molar-refractivity contribution in [2.24, 2.45) is 0 Å². The van der Waals surface area contributed by atoms with E-state index in [0.717, 1.165) is 0 Å². The van der Waals surface area contributed by atoms with Gasteiger partial charge in [-0.2, -0.15) is 4.98 Å². The molecule has 0 atom stereocenters. The van der Waals surface area contributed by atoms with E-state index < -0.39 is 11.7 Å². The van der Waals surface area contributed by atoms with Crippen molar-refractivity contribution >= 4 is 39.6 Å². The minimum atomic E-state index is -0.754. The molecule has 0 aromatic carbocycles. The van der Waals surface area contributed by atoms with Crippen molar-refractivity contribution in [2.45, 2.75) is 72.2 Å². The molecule has 0 unspecified atom stereocenters. The number of hydrogen-bond donors (Lipinski definition) is 0. The first-order valence-corrected chi connectivity index (χ1v) is 12.9. The summed E-state index contributed by atoms with van der Waals surface area (Å²) in [6.45, 7) is 11.7. The van der Waals surface area contributed by atoms with E-state index in [9.17, 15) is 9.59 Å². The molecule has 37 heavy (non-hydrogen) atoms. The van der Waals surface area contributed by atoms with Crippen LogP contribution >= 0.6 is 15.9 Å². The Morgan fingerprint density at radius 2 is 1.84 bits per heavy atom. The largest absolute Gasteiger partial charge is 0.489 e. The number of carbonyl (C=O) groups is 2. The van der Waals surface area contributed by atoms with Crippen LogP contribution in [0, 0.1) is 6.92 Å². The molecule has 0 N–H and O–H groups in total. The molecule has 2 aromatic rings. The summed E-state index contributed by atoms with van der Waals surface area (Å²) < 4.78 is 23.4. The van der Waals surface area contributed by atoms with Crippen LogP contribution < -0.4 is 14.4 Å². The molecule has 2 aromatic heterocycles. The standard InChI is InChI=1S/C25H34BrN5O6/c1-15(2)35-23(32)30-12-10-17(11-13-30)36-22-20(34-7)21(27-14-28-22)31(24(33)37-25(4,5)6)18-8-9-19(26)29-16(18)3/h8-9,14-15,17H,10-13H2,1-7H3. The molecule has 202 valence electrons. The van der Waals surface area contributed by atoms with Crippen LogP contribution in [0.2, 0.25) is 0 Å². The fourth-order valence-corrected chi connectivity index (χ4v) is 4.13. The van der Waals surface area contributed by atoms with Crippen molar-refractivity contribution in [3.8, 4) is 11.6 Å². The summed E-state index contributed by atoms with van der Waals surface area (Å²) in [6, 6.07) is 3.47. The monoisotopic (exact) mass is 579 g/mol. The molecule has 2 amide bonds. The molecule has 1 fully saturated rings. The first kappa shape index (κ1) is 28.4. The minimum Gasteiger partial charge on any atom is -0.489 e. The van der Waals surface area contributed by atoms with E-state index in [1.165, 1.54) is 18.3 Å². The average molecular weight is 580 g/mol. The molecule has 0 spiro atoms. The third-order valence-electron chi connectivity index (χ3n) is 5.32. The molecule has 3 heterocycles. The first-order chi connectivity index (χ1) is 17.4. The van der Waals surface area contributed by atoms with E-state index in [2.05, 4.69) is 30.9 Å². The minimum absolute atomic E-state index is 0.159. The van der Waals surface area contributed by atoms with Crippen LogP contribution in [0.5, 0.6) is 11.6 Å². The van der Waals surface area contributed by atoms with Crippen molar-refractivity contribution in [3.05, 3.63) is 28.8 Å². The Morgan fingerprint density at radius 3 is 2.41 bits per heavy atom. The van der Waals surface area contributed by atoms with Crippen molar-refractivity contribution in [2.75, 3.05) is 25.1 Å². The van der Waals surface area contributed by atoms with Crippen LogP contribution in [-0.4, -0.2) is 70.0 Å². The fourth-order valence-electron chi connectivity index (χ4n) is 3.73. The lowest BCUT2D eigenvalue weighted by Gasteiger charge is -2.32. The van der Waals surface area contributed by atoms with Crippen LogP contribution in [-0.2, 0) is 9.47 Å². The molecule has 0 bridgehead atoms. The van der Waals surface area contributed by atoms with Crippen molar-refractivity contribution in [3.63, 3.8) is 0 Å². The highest BCUT2D eigenvalue weighted by atomic mass is 79.9. The second kappa shape index (κ2) is 11.9. The van der Waals surface area contributed by atoms with Crippen LogP contribution in [0.4, 0.5) is 21.1 Å².